The van der Waals surface area contributed by atoms with Crippen LogP contribution < -0.4 is 0 Å². The van der Waals surface area contributed by atoms with Gasteiger partial charge in [-0.25, -0.2) is 4.79 Å². The van der Waals surface area contributed by atoms with Gasteiger partial charge in [-0.3, -0.25) is 0 Å². The van der Waals surface area contributed by atoms with Gasteiger partial charge in [0.1, 0.15) is 0 Å². The Kier molecular flexibility index (Phi) is 6.44. The van der Waals surface area contributed by atoms with Crippen LogP contribution in [0.1, 0.15) is 39.5 Å². The molecule has 1 N–H and O–H groups in total. The van der Waals surface area contributed by atoms with Crippen molar-refractivity contribution < 1.29 is 9.90 Å². The Morgan fingerprint density at radius 1 is 1.33 bits per heavy atom. The number of aliphatic carboxylic acids is 1. The SMILES string of the molecule is CCCC(C=CC(=O)O)CCC. The van der Waals surface area contributed by atoms with E-state index in [1.807, 2.05) is 6.08 Å². The Hall–Kier alpha value is -0.790. The van der Waals surface area contributed by atoms with Crippen molar-refractivity contribution >= 4 is 5.97 Å². The van der Waals surface area contributed by atoms with Crippen LogP contribution in [-0.2, 0) is 4.79 Å². The summed E-state index contributed by atoms with van der Waals surface area (Å²) in [6, 6.07) is 0. The van der Waals surface area contributed by atoms with Gasteiger partial charge < -0.3 is 5.11 Å². The molecule has 0 saturated heterocycles. The summed E-state index contributed by atoms with van der Waals surface area (Å²) in [6.45, 7) is 4.24. The third-order valence-electron chi connectivity index (χ3n) is 1.83. The zero-order valence-corrected chi connectivity index (χ0v) is 7.92. The van der Waals surface area contributed by atoms with Crippen LogP contribution in [0.25, 0.3) is 0 Å². The monoisotopic (exact) mass is 170 g/mol. The maximum atomic E-state index is 10.2. The molecule has 2 heteroatoms. The van der Waals surface area contributed by atoms with E-state index in [4.69, 9.17) is 5.11 Å². The lowest BCUT2D eigenvalue weighted by atomic mass is 9.98. The number of carboxylic acids is 1. The van der Waals surface area contributed by atoms with Crippen LogP contribution in [-0.4, -0.2) is 11.1 Å². The fraction of sp³-hybridized carbons (Fsp3) is 0.700. The maximum Gasteiger partial charge on any atom is 0.327 e. The second kappa shape index (κ2) is 6.89. The van der Waals surface area contributed by atoms with Crippen LogP contribution in [0, 0.1) is 5.92 Å². The van der Waals surface area contributed by atoms with Crippen molar-refractivity contribution in [2.24, 2.45) is 5.92 Å². The second-order valence-corrected chi connectivity index (χ2v) is 3.03. The maximum absolute atomic E-state index is 10.2. The molecule has 0 aromatic heterocycles. The highest BCUT2D eigenvalue weighted by Crippen LogP contribution is 2.14. The van der Waals surface area contributed by atoms with Crippen LogP contribution >= 0.6 is 0 Å². The normalized spacial score (nSPS) is 11.2. The van der Waals surface area contributed by atoms with Gasteiger partial charge in [0.2, 0.25) is 0 Å². The first-order chi connectivity index (χ1) is 5.70. The van der Waals surface area contributed by atoms with Gasteiger partial charge in [0, 0.05) is 6.08 Å². The lowest BCUT2D eigenvalue weighted by Gasteiger charge is -2.08. The number of hydrogen-bond acceptors (Lipinski definition) is 1. The topological polar surface area (TPSA) is 37.3 Å². The third-order valence-corrected chi connectivity index (χ3v) is 1.83. The fourth-order valence-electron chi connectivity index (χ4n) is 1.30. The van der Waals surface area contributed by atoms with Gasteiger partial charge in [-0.15, -0.1) is 0 Å². The number of rotatable bonds is 6. The van der Waals surface area contributed by atoms with E-state index in [2.05, 4.69) is 13.8 Å². The van der Waals surface area contributed by atoms with Gasteiger partial charge in [-0.1, -0.05) is 32.8 Å². The Bertz CT molecular complexity index is 144. The molecule has 0 fully saturated rings. The van der Waals surface area contributed by atoms with Gasteiger partial charge in [0.25, 0.3) is 0 Å². The van der Waals surface area contributed by atoms with Gasteiger partial charge in [-0.05, 0) is 18.8 Å². The average molecular weight is 170 g/mol. The molecular formula is C10H18O2. The molecule has 70 valence electrons. The summed E-state index contributed by atoms with van der Waals surface area (Å²) < 4.78 is 0. The smallest absolute Gasteiger partial charge is 0.327 e. The van der Waals surface area contributed by atoms with E-state index in [1.54, 1.807) is 0 Å². The van der Waals surface area contributed by atoms with Crippen molar-refractivity contribution in [3.8, 4) is 0 Å². The molecule has 0 amide bonds. The predicted molar refractivity (Wildman–Crippen MR) is 50.1 cm³/mol. The summed E-state index contributed by atoms with van der Waals surface area (Å²) in [5, 5.41) is 8.41. The molecule has 0 unspecified atom stereocenters. The highest BCUT2D eigenvalue weighted by molar-refractivity contribution is 5.79. The summed E-state index contributed by atoms with van der Waals surface area (Å²) in [5.41, 5.74) is 0. The molecule has 12 heavy (non-hydrogen) atoms. The van der Waals surface area contributed by atoms with Crippen LogP contribution in [0.3, 0.4) is 0 Å². The largest absolute Gasteiger partial charge is 0.478 e. The van der Waals surface area contributed by atoms with E-state index in [-0.39, 0.29) is 0 Å². The zero-order valence-electron chi connectivity index (χ0n) is 7.92. The first kappa shape index (κ1) is 11.2. The minimum atomic E-state index is -0.841. The molecule has 0 aliphatic heterocycles. The van der Waals surface area contributed by atoms with Gasteiger partial charge in [0.15, 0.2) is 0 Å². The van der Waals surface area contributed by atoms with E-state index in [0.29, 0.717) is 5.92 Å². The zero-order chi connectivity index (χ0) is 9.40. The second-order valence-electron chi connectivity index (χ2n) is 3.03. The highest BCUT2D eigenvalue weighted by Gasteiger charge is 2.01. The van der Waals surface area contributed by atoms with E-state index in [9.17, 15) is 4.79 Å². The lowest BCUT2D eigenvalue weighted by molar-refractivity contribution is -0.131. The van der Waals surface area contributed by atoms with Gasteiger partial charge in [0.05, 0.1) is 0 Å². The summed E-state index contributed by atoms with van der Waals surface area (Å²) in [5.74, 6) is -0.386. The van der Waals surface area contributed by atoms with Crippen molar-refractivity contribution in [3.05, 3.63) is 12.2 Å². The Labute approximate surface area is 74.3 Å². The first-order valence-electron chi connectivity index (χ1n) is 4.61. The van der Waals surface area contributed by atoms with Crippen molar-refractivity contribution in [2.45, 2.75) is 39.5 Å². The number of allylic oxidation sites excluding steroid dienone is 1. The summed E-state index contributed by atoms with van der Waals surface area (Å²) in [4.78, 5) is 10.2. The molecule has 0 saturated carbocycles. The molecule has 0 atom stereocenters. The Morgan fingerprint density at radius 3 is 2.17 bits per heavy atom. The van der Waals surface area contributed by atoms with Crippen LogP contribution in [0.2, 0.25) is 0 Å². The minimum Gasteiger partial charge on any atom is -0.478 e. The van der Waals surface area contributed by atoms with Crippen LogP contribution in [0.4, 0.5) is 0 Å². The van der Waals surface area contributed by atoms with E-state index in [1.165, 1.54) is 6.08 Å². The molecule has 0 aromatic rings. The molecule has 2 nitrogen and oxygen atoms in total. The minimum absolute atomic E-state index is 0.455. The van der Waals surface area contributed by atoms with Gasteiger partial charge in [-0.2, -0.15) is 0 Å². The third kappa shape index (κ3) is 5.96. The quantitative estimate of drug-likeness (QED) is 0.622. The van der Waals surface area contributed by atoms with Crippen molar-refractivity contribution in [3.63, 3.8) is 0 Å². The molecule has 0 aromatic carbocycles. The molecule has 0 aliphatic carbocycles. The standard InChI is InChI=1S/C10H18O2/c1-3-5-9(6-4-2)7-8-10(11)12/h7-9H,3-6H2,1-2H3,(H,11,12). The highest BCUT2D eigenvalue weighted by atomic mass is 16.4. The van der Waals surface area contributed by atoms with Crippen LogP contribution in [0.15, 0.2) is 12.2 Å². The van der Waals surface area contributed by atoms with Crippen molar-refractivity contribution in [1.29, 1.82) is 0 Å². The molecule has 0 aliphatic rings. The van der Waals surface area contributed by atoms with E-state index in [0.717, 1.165) is 25.7 Å². The fourth-order valence-corrected chi connectivity index (χ4v) is 1.30. The Morgan fingerprint density at radius 2 is 1.83 bits per heavy atom. The predicted octanol–water partition coefficient (Wildman–Crippen LogP) is 2.84. The van der Waals surface area contributed by atoms with Crippen LogP contribution in [0.5, 0.6) is 0 Å². The lowest BCUT2D eigenvalue weighted by Crippen LogP contribution is -1.97. The van der Waals surface area contributed by atoms with E-state index < -0.39 is 5.97 Å². The molecule has 0 rings (SSSR count). The number of carbonyl (C=O) groups is 1. The molecule has 0 bridgehead atoms. The van der Waals surface area contributed by atoms with E-state index >= 15 is 0 Å². The average Bonchev–Trinajstić information content (AvgIpc) is 2.01. The molecular weight excluding hydrogens is 152 g/mol. The summed E-state index contributed by atoms with van der Waals surface area (Å²) in [7, 11) is 0. The van der Waals surface area contributed by atoms with Crippen molar-refractivity contribution in [2.75, 3.05) is 0 Å². The molecule has 0 heterocycles. The number of hydrogen-bond donors (Lipinski definition) is 1. The first-order valence-corrected chi connectivity index (χ1v) is 4.61. The van der Waals surface area contributed by atoms with Gasteiger partial charge >= 0.3 is 5.97 Å². The Balaban J connectivity index is 3.84. The molecule has 0 spiro atoms. The molecule has 0 radical (unpaired) electrons. The summed E-state index contributed by atoms with van der Waals surface area (Å²) in [6.07, 6.45) is 7.50. The summed E-state index contributed by atoms with van der Waals surface area (Å²) >= 11 is 0. The number of carboxylic acid groups (broad SMARTS) is 1. The van der Waals surface area contributed by atoms with Crippen molar-refractivity contribution in [1.82, 2.24) is 0 Å².